The highest BCUT2D eigenvalue weighted by molar-refractivity contribution is 9.10. The van der Waals surface area contributed by atoms with Gasteiger partial charge in [-0.2, -0.15) is 0 Å². The predicted molar refractivity (Wildman–Crippen MR) is 97.8 cm³/mol. The lowest BCUT2D eigenvalue weighted by Crippen LogP contribution is -2.23. The minimum Gasteiger partial charge on any atom is -0.346 e. The van der Waals surface area contributed by atoms with Gasteiger partial charge in [-0.15, -0.1) is 0 Å². The van der Waals surface area contributed by atoms with Gasteiger partial charge in [0, 0.05) is 10.0 Å². The molecule has 0 aliphatic carbocycles. The van der Waals surface area contributed by atoms with Crippen molar-refractivity contribution < 1.29 is 4.79 Å². The summed E-state index contributed by atoms with van der Waals surface area (Å²) in [7, 11) is 0. The lowest BCUT2D eigenvalue weighted by atomic mass is 10.1. The summed E-state index contributed by atoms with van der Waals surface area (Å²) in [4.78, 5) is 20.8. The second-order valence-corrected chi connectivity index (χ2v) is 6.39. The Bertz CT molecular complexity index is 871. The minimum absolute atomic E-state index is 0.249. The second-order valence-electron chi connectivity index (χ2n) is 5.07. The van der Waals surface area contributed by atoms with Gasteiger partial charge < -0.3 is 5.32 Å². The number of aromatic nitrogens is 2. The van der Waals surface area contributed by atoms with Crippen LogP contribution < -0.4 is 5.32 Å². The molecule has 6 heteroatoms. The standard InChI is InChI=1S/C18H13BrClN3O/c19-13-6-7-16(20)15(8-13)18(24)21-10-14-9-17(23-11-22-14)12-4-2-1-3-5-12/h1-9,11H,10H2,(H,21,24). The highest BCUT2D eigenvalue weighted by Crippen LogP contribution is 2.21. The molecule has 0 aliphatic heterocycles. The maximum absolute atomic E-state index is 12.3. The Balaban J connectivity index is 1.73. The first-order valence-electron chi connectivity index (χ1n) is 7.23. The Morgan fingerprint density at radius 3 is 2.67 bits per heavy atom. The van der Waals surface area contributed by atoms with Gasteiger partial charge in [0.2, 0.25) is 0 Å². The van der Waals surface area contributed by atoms with E-state index in [0.717, 1.165) is 21.4 Å². The van der Waals surface area contributed by atoms with E-state index in [0.29, 0.717) is 17.1 Å². The number of hydrogen-bond donors (Lipinski definition) is 1. The molecule has 2 aromatic carbocycles. The average molecular weight is 403 g/mol. The van der Waals surface area contributed by atoms with E-state index in [2.05, 4.69) is 31.2 Å². The Morgan fingerprint density at radius 1 is 1.08 bits per heavy atom. The Labute approximate surface area is 153 Å². The van der Waals surface area contributed by atoms with Crippen molar-refractivity contribution in [3.63, 3.8) is 0 Å². The van der Waals surface area contributed by atoms with E-state index in [9.17, 15) is 4.79 Å². The smallest absolute Gasteiger partial charge is 0.253 e. The van der Waals surface area contributed by atoms with Crippen molar-refractivity contribution >= 4 is 33.4 Å². The van der Waals surface area contributed by atoms with Gasteiger partial charge in [-0.25, -0.2) is 9.97 Å². The van der Waals surface area contributed by atoms with E-state index in [1.165, 1.54) is 6.33 Å². The average Bonchev–Trinajstić information content (AvgIpc) is 2.63. The molecule has 3 rings (SSSR count). The fraction of sp³-hybridized carbons (Fsp3) is 0.0556. The molecule has 0 fully saturated rings. The number of carbonyl (C=O) groups is 1. The molecular weight excluding hydrogens is 390 g/mol. The van der Waals surface area contributed by atoms with Crippen LogP contribution in [-0.2, 0) is 6.54 Å². The first kappa shape index (κ1) is 16.6. The van der Waals surface area contributed by atoms with Crippen molar-refractivity contribution in [2.45, 2.75) is 6.54 Å². The molecule has 1 amide bonds. The molecule has 0 atom stereocenters. The summed E-state index contributed by atoms with van der Waals surface area (Å²) >= 11 is 9.41. The second kappa shape index (κ2) is 7.55. The SMILES string of the molecule is O=C(NCc1cc(-c2ccccc2)ncn1)c1cc(Br)ccc1Cl. The summed E-state index contributed by atoms with van der Waals surface area (Å²) in [5.74, 6) is -0.249. The molecule has 4 nitrogen and oxygen atoms in total. The Morgan fingerprint density at radius 2 is 1.88 bits per heavy atom. The van der Waals surface area contributed by atoms with Crippen molar-refractivity contribution in [1.29, 1.82) is 0 Å². The summed E-state index contributed by atoms with van der Waals surface area (Å²) in [6.07, 6.45) is 1.50. The molecule has 24 heavy (non-hydrogen) atoms. The molecule has 3 aromatic rings. The number of nitrogens with one attached hydrogen (secondary N) is 1. The van der Waals surface area contributed by atoms with Crippen LogP contribution in [0.1, 0.15) is 16.1 Å². The molecule has 0 bridgehead atoms. The van der Waals surface area contributed by atoms with Crippen molar-refractivity contribution in [3.8, 4) is 11.3 Å². The molecule has 1 N–H and O–H groups in total. The van der Waals surface area contributed by atoms with Crippen LogP contribution in [0.3, 0.4) is 0 Å². The predicted octanol–water partition coefficient (Wildman–Crippen LogP) is 4.49. The molecule has 0 spiro atoms. The first-order valence-corrected chi connectivity index (χ1v) is 8.40. The zero-order valence-electron chi connectivity index (χ0n) is 12.5. The van der Waals surface area contributed by atoms with Crippen LogP contribution >= 0.6 is 27.5 Å². The summed E-state index contributed by atoms with van der Waals surface area (Å²) in [6.45, 7) is 0.296. The van der Waals surface area contributed by atoms with E-state index in [1.807, 2.05) is 36.4 Å². The summed E-state index contributed by atoms with van der Waals surface area (Å²) in [5.41, 5.74) is 2.96. The lowest BCUT2D eigenvalue weighted by molar-refractivity contribution is 0.0950. The van der Waals surface area contributed by atoms with E-state index < -0.39 is 0 Å². The van der Waals surface area contributed by atoms with E-state index in [1.54, 1.807) is 18.2 Å². The summed E-state index contributed by atoms with van der Waals surface area (Å²) in [6, 6.07) is 16.8. The molecule has 0 saturated carbocycles. The first-order chi connectivity index (χ1) is 11.6. The quantitative estimate of drug-likeness (QED) is 0.699. The molecule has 0 saturated heterocycles. The number of rotatable bonds is 4. The number of halogens is 2. The third-order valence-corrected chi connectivity index (χ3v) is 4.22. The largest absolute Gasteiger partial charge is 0.346 e. The number of carbonyl (C=O) groups excluding carboxylic acids is 1. The van der Waals surface area contributed by atoms with Crippen LogP contribution in [0.15, 0.2) is 65.4 Å². The molecule has 0 radical (unpaired) electrons. The van der Waals surface area contributed by atoms with Crippen LogP contribution in [0.5, 0.6) is 0 Å². The van der Waals surface area contributed by atoms with Crippen LogP contribution in [0, 0.1) is 0 Å². The molecule has 0 unspecified atom stereocenters. The Kier molecular flexibility index (Phi) is 5.23. The zero-order chi connectivity index (χ0) is 16.9. The zero-order valence-corrected chi connectivity index (χ0v) is 14.9. The highest BCUT2D eigenvalue weighted by atomic mass is 79.9. The number of hydrogen-bond acceptors (Lipinski definition) is 3. The maximum atomic E-state index is 12.3. The van der Waals surface area contributed by atoms with E-state index >= 15 is 0 Å². The monoisotopic (exact) mass is 401 g/mol. The number of nitrogens with zero attached hydrogens (tertiary/aromatic N) is 2. The van der Waals surface area contributed by atoms with Crippen LogP contribution in [-0.4, -0.2) is 15.9 Å². The normalized spacial score (nSPS) is 10.4. The van der Waals surface area contributed by atoms with Gasteiger partial charge in [0.1, 0.15) is 6.33 Å². The summed E-state index contributed by atoms with van der Waals surface area (Å²) in [5, 5.41) is 3.23. The van der Waals surface area contributed by atoms with Crippen molar-refractivity contribution in [3.05, 3.63) is 81.7 Å². The van der Waals surface area contributed by atoms with E-state index in [-0.39, 0.29) is 5.91 Å². The molecule has 1 aromatic heterocycles. The van der Waals surface area contributed by atoms with Crippen molar-refractivity contribution in [2.24, 2.45) is 0 Å². The fourth-order valence-corrected chi connectivity index (χ4v) is 2.76. The third kappa shape index (κ3) is 3.99. The van der Waals surface area contributed by atoms with Gasteiger partial charge in [-0.1, -0.05) is 57.9 Å². The maximum Gasteiger partial charge on any atom is 0.253 e. The topological polar surface area (TPSA) is 54.9 Å². The lowest BCUT2D eigenvalue weighted by Gasteiger charge is -2.08. The van der Waals surface area contributed by atoms with Crippen molar-refractivity contribution in [2.75, 3.05) is 0 Å². The van der Waals surface area contributed by atoms with Gasteiger partial charge in [-0.3, -0.25) is 4.79 Å². The van der Waals surface area contributed by atoms with Gasteiger partial charge in [0.15, 0.2) is 0 Å². The highest BCUT2D eigenvalue weighted by Gasteiger charge is 2.11. The fourth-order valence-electron chi connectivity index (χ4n) is 2.20. The number of benzene rings is 2. The van der Waals surface area contributed by atoms with Crippen LogP contribution in [0.2, 0.25) is 5.02 Å². The molecular formula is C18H13BrClN3O. The van der Waals surface area contributed by atoms with Crippen molar-refractivity contribution in [1.82, 2.24) is 15.3 Å². The summed E-state index contributed by atoms with van der Waals surface area (Å²) < 4.78 is 0.797. The molecule has 0 aliphatic rings. The van der Waals surface area contributed by atoms with Crippen LogP contribution in [0.25, 0.3) is 11.3 Å². The van der Waals surface area contributed by atoms with E-state index in [4.69, 9.17) is 11.6 Å². The number of amides is 1. The van der Waals surface area contributed by atoms with Gasteiger partial charge in [0.05, 0.1) is 28.5 Å². The van der Waals surface area contributed by atoms with Crippen LogP contribution in [0.4, 0.5) is 0 Å². The van der Waals surface area contributed by atoms with Gasteiger partial charge in [0.25, 0.3) is 5.91 Å². The minimum atomic E-state index is -0.249. The molecule has 120 valence electrons. The third-order valence-electron chi connectivity index (χ3n) is 3.40. The Hall–Kier alpha value is -2.24. The molecule has 1 heterocycles. The van der Waals surface area contributed by atoms with Gasteiger partial charge in [-0.05, 0) is 24.3 Å². The van der Waals surface area contributed by atoms with Gasteiger partial charge >= 0.3 is 0 Å².